The van der Waals surface area contributed by atoms with Crippen LogP contribution in [0.2, 0.25) is 15.1 Å². The van der Waals surface area contributed by atoms with Crippen molar-refractivity contribution >= 4 is 67.4 Å². The Balaban J connectivity index is 1.60. The highest BCUT2D eigenvalue weighted by molar-refractivity contribution is 7.22. The lowest BCUT2D eigenvalue weighted by Gasteiger charge is -2.27. The molecular formula is C21H20Cl3N3O2S. The van der Waals surface area contributed by atoms with E-state index in [9.17, 15) is 4.79 Å². The minimum atomic E-state index is -0.213. The number of ether oxygens (including phenoxy) is 1. The first-order chi connectivity index (χ1) is 14.5. The van der Waals surface area contributed by atoms with Crippen LogP contribution in [-0.4, -0.2) is 55.2 Å². The zero-order valence-corrected chi connectivity index (χ0v) is 19.2. The van der Waals surface area contributed by atoms with E-state index in [0.29, 0.717) is 32.3 Å². The first-order valence-electron chi connectivity index (χ1n) is 9.64. The molecule has 3 aromatic rings. The largest absolute Gasteiger partial charge is 0.379 e. The fourth-order valence-corrected chi connectivity index (χ4v) is 5.01. The number of nitrogens with zero attached hydrogens (tertiary/aromatic N) is 3. The average molecular weight is 485 g/mol. The molecule has 1 aromatic heterocycles. The van der Waals surface area contributed by atoms with Crippen LogP contribution in [0.5, 0.6) is 0 Å². The summed E-state index contributed by atoms with van der Waals surface area (Å²) in [5.74, 6) is -0.213. The standard InChI is InChI=1S/C21H20Cl3N3O2S/c22-14-2-4-17(24)16(12-14)20(28)27(7-1-6-26-8-10-29-11-9-26)21-25-18-5-3-15(23)13-19(18)30-21/h2-5,12-13H,1,6-11H2. The minimum absolute atomic E-state index is 0.213. The number of halogens is 3. The van der Waals surface area contributed by atoms with Crippen molar-refractivity contribution in [1.29, 1.82) is 0 Å². The van der Waals surface area contributed by atoms with E-state index in [0.717, 1.165) is 49.5 Å². The Hall–Kier alpha value is -1.41. The summed E-state index contributed by atoms with van der Waals surface area (Å²) in [6.07, 6.45) is 0.806. The molecule has 1 aliphatic rings. The molecule has 5 nitrogen and oxygen atoms in total. The number of hydrogen-bond acceptors (Lipinski definition) is 5. The van der Waals surface area contributed by atoms with Crippen molar-refractivity contribution in [3.05, 3.63) is 57.0 Å². The predicted octanol–water partition coefficient (Wildman–Crippen LogP) is 5.63. The summed E-state index contributed by atoms with van der Waals surface area (Å²) in [6.45, 7) is 4.72. The van der Waals surface area contributed by atoms with Gasteiger partial charge in [0.2, 0.25) is 0 Å². The SMILES string of the molecule is O=C(c1cc(Cl)ccc1Cl)N(CCCN1CCOCC1)c1nc2ccc(Cl)cc2s1. The molecule has 1 amide bonds. The van der Waals surface area contributed by atoms with Gasteiger partial charge in [0.25, 0.3) is 5.91 Å². The van der Waals surface area contributed by atoms with Gasteiger partial charge >= 0.3 is 0 Å². The van der Waals surface area contributed by atoms with Gasteiger partial charge < -0.3 is 4.74 Å². The maximum Gasteiger partial charge on any atom is 0.261 e. The van der Waals surface area contributed by atoms with Gasteiger partial charge in [0, 0.05) is 36.2 Å². The van der Waals surface area contributed by atoms with Crippen LogP contribution in [0.25, 0.3) is 10.2 Å². The number of carbonyl (C=O) groups excluding carboxylic acids is 1. The molecule has 2 aromatic carbocycles. The van der Waals surface area contributed by atoms with Crippen molar-refractivity contribution in [1.82, 2.24) is 9.88 Å². The molecule has 0 spiro atoms. The molecule has 158 valence electrons. The van der Waals surface area contributed by atoms with Crippen LogP contribution in [0, 0.1) is 0 Å². The number of carbonyl (C=O) groups is 1. The van der Waals surface area contributed by atoms with Gasteiger partial charge in [0.1, 0.15) is 0 Å². The first-order valence-corrected chi connectivity index (χ1v) is 11.6. The van der Waals surface area contributed by atoms with Crippen molar-refractivity contribution in [2.45, 2.75) is 6.42 Å². The van der Waals surface area contributed by atoms with Gasteiger partial charge in [-0.2, -0.15) is 0 Å². The van der Waals surface area contributed by atoms with Crippen LogP contribution in [0.1, 0.15) is 16.8 Å². The normalized spacial score (nSPS) is 14.9. The highest BCUT2D eigenvalue weighted by atomic mass is 35.5. The molecule has 1 saturated heterocycles. The maximum atomic E-state index is 13.4. The summed E-state index contributed by atoms with van der Waals surface area (Å²) in [5, 5.41) is 2.09. The summed E-state index contributed by atoms with van der Waals surface area (Å²) in [5.41, 5.74) is 1.18. The molecule has 0 unspecified atom stereocenters. The number of hydrogen-bond donors (Lipinski definition) is 0. The highest BCUT2D eigenvalue weighted by Crippen LogP contribution is 2.33. The smallest absolute Gasteiger partial charge is 0.261 e. The molecule has 4 rings (SSSR count). The van der Waals surface area contributed by atoms with Crippen LogP contribution < -0.4 is 4.90 Å². The third-order valence-electron chi connectivity index (χ3n) is 4.93. The van der Waals surface area contributed by atoms with Crippen molar-refractivity contribution in [3.63, 3.8) is 0 Å². The van der Waals surface area contributed by atoms with Crippen molar-refractivity contribution in [3.8, 4) is 0 Å². The van der Waals surface area contributed by atoms with E-state index in [4.69, 9.17) is 39.5 Å². The van der Waals surface area contributed by atoms with Gasteiger partial charge in [-0.05, 0) is 42.8 Å². The van der Waals surface area contributed by atoms with Crippen LogP contribution in [0.4, 0.5) is 5.13 Å². The van der Waals surface area contributed by atoms with E-state index in [1.165, 1.54) is 11.3 Å². The van der Waals surface area contributed by atoms with Gasteiger partial charge in [-0.15, -0.1) is 0 Å². The molecule has 0 N–H and O–H groups in total. The molecule has 30 heavy (non-hydrogen) atoms. The molecule has 2 heterocycles. The molecule has 9 heteroatoms. The summed E-state index contributed by atoms with van der Waals surface area (Å²) < 4.78 is 6.34. The number of aromatic nitrogens is 1. The Labute approximate surface area is 194 Å². The second-order valence-electron chi connectivity index (χ2n) is 7.00. The fourth-order valence-electron chi connectivity index (χ4n) is 3.37. The molecule has 0 radical (unpaired) electrons. The van der Waals surface area contributed by atoms with Crippen molar-refractivity contribution < 1.29 is 9.53 Å². The first kappa shape index (κ1) is 21.8. The molecule has 0 saturated carbocycles. The molecule has 0 aliphatic carbocycles. The molecular weight excluding hydrogens is 465 g/mol. The lowest BCUT2D eigenvalue weighted by atomic mass is 10.2. The average Bonchev–Trinajstić information content (AvgIpc) is 3.16. The molecule has 0 atom stereocenters. The summed E-state index contributed by atoms with van der Waals surface area (Å²) in [6, 6.07) is 10.4. The zero-order valence-electron chi connectivity index (χ0n) is 16.1. The lowest BCUT2D eigenvalue weighted by Crippen LogP contribution is -2.39. The number of morpholine rings is 1. The van der Waals surface area contributed by atoms with E-state index in [2.05, 4.69) is 9.88 Å². The van der Waals surface area contributed by atoms with E-state index in [1.807, 2.05) is 12.1 Å². The Morgan fingerprint density at radius 1 is 1.10 bits per heavy atom. The van der Waals surface area contributed by atoms with E-state index < -0.39 is 0 Å². The predicted molar refractivity (Wildman–Crippen MR) is 125 cm³/mol. The van der Waals surface area contributed by atoms with E-state index in [-0.39, 0.29) is 5.91 Å². The number of rotatable bonds is 6. The third-order valence-corrected chi connectivity index (χ3v) is 6.77. The van der Waals surface area contributed by atoms with Gasteiger partial charge in [-0.25, -0.2) is 4.98 Å². The number of amides is 1. The molecule has 0 bridgehead atoms. The summed E-state index contributed by atoms with van der Waals surface area (Å²) in [4.78, 5) is 22.1. The van der Waals surface area contributed by atoms with Crippen molar-refractivity contribution in [2.24, 2.45) is 0 Å². The van der Waals surface area contributed by atoms with Gasteiger partial charge in [-0.3, -0.25) is 14.6 Å². The van der Waals surface area contributed by atoms with Gasteiger partial charge in [0.05, 0.1) is 34.0 Å². The van der Waals surface area contributed by atoms with E-state index >= 15 is 0 Å². The molecule has 1 aliphatic heterocycles. The Bertz CT molecular complexity index is 1050. The molecule has 1 fully saturated rings. The van der Waals surface area contributed by atoms with Gasteiger partial charge in [-0.1, -0.05) is 46.1 Å². The number of anilines is 1. The van der Waals surface area contributed by atoms with Crippen molar-refractivity contribution in [2.75, 3.05) is 44.3 Å². The van der Waals surface area contributed by atoms with Crippen LogP contribution >= 0.6 is 46.1 Å². The third kappa shape index (κ3) is 5.07. The minimum Gasteiger partial charge on any atom is -0.379 e. The number of fused-ring (bicyclic) bond motifs is 1. The highest BCUT2D eigenvalue weighted by Gasteiger charge is 2.24. The van der Waals surface area contributed by atoms with Crippen LogP contribution in [0.15, 0.2) is 36.4 Å². The lowest BCUT2D eigenvalue weighted by molar-refractivity contribution is 0.0376. The monoisotopic (exact) mass is 483 g/mol. The van der Waals surface area contributed by atoms with Crippen LogP contribution in [-0.2, 0) is 4.74 Å². The number of thiazole rings is 1. The number of benzene rings is 2. The Morgan fingerprint density at radius 3 is 2.63 bits per heavy atom. The summed E-state index contributed by atoms with van der Waals surface area (Å²) in [7, 11) is 0. The zero-order chi connectivity index (χ0) is 21.1. The Kier molecular flexibility index (Phi) is 7.13. The quantitative estimate of drug-likeness (QED) is 0.455. The Morgan fingerprint density at radius 2 is 1.83 bits per heavy atom. The maximum absolute atomic E-state index is 13.4. The second-order valence-corrected chi connectivity index (χ2v) is 9.29. The van der Waals surface area contributed by atoms with E-state index in [1.54, 1.807) is 29.2 Å². The summed E-state index contributed by atoms with van der Waals surface area (Å²) >= 11 is 20.0. The van der Waals surface area contributed by atoms with Crippen LogP contribution in [0.3, 0.4) is 0 Å². The fraction of sp³-hybridized carbons (Fsp3) is 0.333. The topological polar surface area (TPSA) is 45.7 Å². The second kappa shape index (κ2) is 9.81. The van der Waals surface area contributed by atoms with Gasteiger partial charge in [0.15, 0.2) is 5.13 Å².